The first-order valence-electron chi connectivity index (χ1n) is 10.1. The van der Waals surface area contributed by atoms with Gasteiger partial charge in [-0.15, -0.1) is 0 Å². The lowest BCUT2D eigenvalue weighted by molar-refractivity contribution is -0.281. The molecule has 0 amide bonds. The Kier molecular flexibility index (Phi) is 5.42. The van der Waals surface area contributed by atoms with Crippen molar-refractivity contribution in [3.05, 3.63) is 57.6 Å². The predicted octanol–water partition coefficient (Wildman–Crippen LogP) is 4.69. The zero-order valence-corrected chi connectivity index (χ0v) is 17.4. The summed E-state index contributed by atoms with van der Waals surface area (Å²) >= 11 is 6.62. The van der Waals surface area contributed by atoms with Gasteiger partial charge in [-0.05, 0) is 42.0 Å². The molecule has 0 aromatic heterocycles. The molecule has 0 radical (unpaired) electrons. The molecule has 148 valence electrons. The Hall–Kier alpha value is -1.57. The fraction of sp³-hybridized carbons (Fsp3) is 0.500. The Morgan fingerprint density at radius 3 is 2.71 bits per heavy atom. The fourth-order valence-electron chi connectivity index (χ4n) is 4.31. The van der Waals surface area contributed by atoms with E-state index in [9.17, 15) is 5.11 Å². The molecule has 28 heavy (non-hydrogen) atoms. The molecular weight excluding hydrogens is 372 g/mol. The van der Waals surface area contributed by atoms with Crippen molar-refractivity contribution in [3.8, 4) is 11.8 Å². The summed E-state index contributed by atoms with van der Waals surface area (Å²) in [6, 6.07) is 8.65. The number of rotatable bonds is 3. The van der Waals surface area contributed by atoms with E-state index in [2.05, 4.69) is 50.0 Å². The highest BCUT2D eigenvalue weighted by Gasteiger charge is 2.52. The van der Waals surface area contributed by atoms with Crippen molar-refractivity contribution in [2.45, 2.75) is 63.9 Å². The quantitative estimate of drug-likeness (QED) is 0.750. The maximum atomic E-state index is 10.3. The Balaban J connectivity index is 1.59. The van der Waals surface area contributed by atoms with Gasteiger partial charge < -0.3 is 14.6 Å². The summed E-state index contributed by atoms with van der Waals surface area (Å²) < 4.78 is 12.2. The van der Waals surface area contributed by atoms with Gasteiger partial charge in [-0.3, -0.25) is 0 Å². The van der Waals surface area contributed by atoms with Crippen LogP contribution in [0.4, 0.5) is 0 Å². The lowest BCUT2D eigenvalue weighted by Crippen LogP contribution is -2.48. The number of aliphatic hydroxyl groups is 1. The molecule has 4 rings (SSSR count). The number of fused-ring (bicyclic) bond motifs is 2. The van der Waals surface area contributed by atoms with Crippen molar-refractivity contribution in [2.24, 2.45) is 5.92 Å². The largest absolute Gasteiger partial charge is 0.393 e. The van der Waals surface area contributed by atoms with Gasteiger partial charge in [0.2, 0.25) is 0 Å². The van der Waals surface area contributed by atoms with E-state index in [1.54, 1.807) is 0 Å². The molecule has 1 spiro atoms. The first-order valence-corrected chi connectivity index (χ1v) is 10.4. The van der Waals surface area contributed by atoms with Crippen LogP contribution < -0.4 is 0 Å². The number of hydrogen-bond acceptors (Lipinski definition) is 3. The molecule has 1 unspecified atom stereocenters. The van der Waals surface area contributed by atoms with E-state index in [0.29, 0.717) is 36.8 Å². The first-order chi connectivity index (χ1) is 13.4. The summed E-state index contributed by atoms with van der Waals surface area (Å²) in [5.41, 5.74) is 4.47. The summed E-state index contributed by atoms with van der Waals surface area (Å²) in [6.45, 7) is 6.79. The van der Waals surface area contributed by atoms with Gasteiger partial charge in [-0.1, -0.05) is 61.6 Å². The van der Waals surface area contributed by atoms with Gasteiger partial charge in [0.1, 0.15) is 0 Å². The molecular formula is C24H27ClO3. The third-order valence-electron chi connectivity index (χ3n) is 5.81. The fourth-order valence-corrected chi connectivity index (χ4v) is 4.57. The first kappa shape index (κ1) is 19.7. The molecule has 0 saturated carbocycles. The third-order valence-corrected chi connectivity index (χ3v) is 6.15. The van der Waals surface area contributed by atoms with E-state index in [4.69, 9.17) is 21.1 Å². The van der Waals surface area contributed by atoms with E-state index in [1.807, 2.05) is 13.0 Å². The number of aliphatic hydroxyl groups excluding tert-OH is 1. The summed E-state index contributed by atoms with van der Waals surface area (Å²) in [6.07, 6.45) is 3.25. The molecule has 3 aliphatic rings. The van der Waals surface area contributed by atoms with Crippen LogP contribution in [-0.2, 0) is 15.9 Å². The van der Waals surface area contributed by atoms with Crippen LogP contribution in [-0.4, -0.2) is 29.7 Å². The Labute approximate surface area is 172 Å². The molecule has 3 nitrogen and oxygen atoms in total. The van der Waals surface area contributed by atoms with Crippen molar-refractivity contribution in [3.63, 3.8) is 0 Å². The number of hydrogen-bond donors (Lipinski definition) is 1. The standard InChI is InChI=1S/C24H27ClO3/c1-15(2)18-6-4-17(5-7-18)11-19-8-9-22-20(12-23(19)25)14-27-24(22)13-21(26)10-16(3)28-24/h4-7,12,15-16,21-22,26H,10-11,13-14H2,1-3H3/t16-,21+,22?,24-/m1/s1. The van der Waals surface area contributed by atoms with Crippen LogP contribution in [0.5, 0.6) is 0 Å². The van der Waals surface area contributed by atoms with Crippen molar-refractivity contribution in [1.82, 2.24) is 0 Å². The van der Waals surface area contributed by atoms with Gasteiger partial charge in [-0.2, -0.15) is 0 Å². The van der Waals surface area contributed by atoms with E-state index >= 15 is 0 Å². The van der Waals surface area contributed by atoms with E-state index in [-0.39, 0.29) is 12.0 Å². The van der Waals surface area contributed by atoms with Crippen molar-refractivity contribution < 1.29 is 14.6 Å². The summed E-state index contributed by atoms with van der Waals surface area (Å²) in [5, 5.41) is 10.9. The minimum absolute atomic E-state index is 0.0597. The second-order valence-corrected chi connectivity index (χ2v) is 8.85. The van der Waals surface area contributed by atoms with Crippen LogP contribution in [0.3, 0.4) is 0 Å². The molecule has 1 aromatic carbocycles. The minimum atomic E-state index is -0.860. The Morgan fingerprint density at radius 2 is 2.04 bits per heavy atom. The van der Waals surface area contributed by atoms with Crippen molar-refractivity contribution in [2.75, 3.05) is 6.61 Å². The number of allylic oxidation sites excluding steroid dienone is 3. The maximum Gasteiger partial charge on any atom is 0.189 e. The van der Waals surface area contributed by atoms with Gasteiger partial charge in [0.05, 0.1) is 29.8 Å². The van der Waals surface area contributed by atoms with Crippen LogP contribution in [0.2, 0.25) is 0 Å². The molecule has 1 N–H and O–H groups in total. The minimum Gasteiger partial charge on any atom is -0.393 e. The molecule has 1 aromatic rings. The van der Waals surface area contributed by atoms with E-state index in [1.165, 1.54) is 11.1 Å². The van der Waals surface area contributed by atoms with Crippen LogP contribution in [0.25, 0.3) is 0 Å². The monoisotopic (exact) mass is 398 g/mol. The molecule has 2 fully saturated rings. The van der Waals surface area contributed by atoms with Crippen molar-refractivity contribution >= 4 is 11.6 Å². The normalized spacial score (nSPS) is 32.1. The summed E-state index contributed by atoms with van der Waals surface area (Å²) in [7, 11) is 0. The van der Waals surface area contributed by atoms with Gasteiger partial charge in [-0.25, -0.2) is 0 Å². The van der Waals surface area contributed by atoms with Crippen LogP contribution in [0.15, 0.2) is 46.5 Å². The SMILES string of the molecule is CC(C)c1ccc(CC2=C(Cl)C=C3CO[C@@]4(C[C@@H](O)C[C@@H](C)O4)C3C#C2)cc1. The van der Waals surface area contributed by atoms with Gasteiger partial charge >= 0.3 is 0 Å². The molecule has 0 bridgehead atoms. The zero-order valence-electron chi connectivity index (χ0n) is 16.7. The molecule has 2 saturated heterocycles. The number of halogens is 1. The van der Waals surface area contributed by atoms with Gasteiger partial charge in [0.15, 0.2) is 5.79 Å². The number of benzene rings is 1. The second-order valence-electron chi connectivity index (χ2n) is 8.44. The maximum absolute atomic E-state index is 10.3. The smallest absolute Gasteiger partial charge is 0.189 e. The molecule has 2 aliphatic heterocycles. The topological polar surface area (TPSA) is 38.7 Å². The lowest BCUT2D eigenvalue weighted by Gasteiger charge is -2.40. The van der Waals surface area contributed by atoms with Crippen LogP contribution in [0.1, 0.15) is 50.7 Å². The highest BCUT2D eigenvalue weighted by atomic mass is 35.5. The molecule has 2 heterocycles. The van der Waals surface area contributed by atoms with Crippen LogP contribution >= 0.6 is 11.6 Å². The van der Waals surface area contributed by atoms with E-state index < -0.39 is 11.9 Å². The predicted molar refractivity (Wildman–Crippen MR) is 111 cm³/mol. The van der Waals surface area contributed by atoms with E-state index in [0.717, 1.165) is 11.1 Å². The third kappa shape index (κ3) is 3.80. The van der Waals surface area contributed by atoms with Gasteiger partial charge in [0, 0.05) is 18.4 Å². The lowest BCUT2D eigenvalue weighted by atomic mass is 9.86. The molecule has 4 heteroatoms. The van der Waals surface area contributed by atoms with Crippen LogP contribution in [0, 0.1) is 17.8 Å². The highest BCUT2D eigenvalue weighted by Crippen LogP contribution is 2.45. The molecule has 4 atom stereocenters. The Bertz CT molecular complexity index is 859. The summed E-state index contributed by atoms with van der Waals surface area (Å²) in [4.78, 5) is 0. The zero-order chi connectivity index (χ0) is 19.9. The molecule has 1 aliphatic carbocycles. The van der Waals surface area contributed by atoms with Crippen molar-refractivity contribution in [1.29, 1.82) is 0 Å². The highest BCUT2D eigenvalue weighted by molar-refractivity contribution is 6.32. The average molecular weight is 399 g/mol. The Morgan fingerprint density at radius 1 is 1.29 bits per heavy atom. The summed E-state index contributed by atoms with van der Waals surface area (Å²) in [5.74, 6) is 6.11. The average Bonchev–Trinajstić information content (AvgIpc) is 2.84. The second kappa shape index (κ2) is 7.69. The van der Waals surface area contributed by atoms with Gasteiger partial charge in [0.25, 0.3) is 0 Å². The number of ether oxygens (including phenoxy) is 2.